The van der Waals surface area contributed by atoms with E-state index in [0.717, 1.165) is 11.4 Å². The Morgan fingerprint density at radius 1 is 1.44 bits per heavy atom. The van der Waals surface area contributed by atoms with Gasteiger partial charge in [-0.25, -0.2) is 0 Å². The summed E-state index contributed by atoms with van der Waals surface area (Å²) in [6.07, 6.45) is 2.27. The van der Waals surface area contributed by atoms with Crippen molar-refractivity contribution in [3.63, 3.8) is 0 Å². The molecule has 0 aliphatic carbocycles. The first-order valence-corrected chi connectivity index (χ1v) is 6.21. The molecule has 16 heavy (non-hydrogen) atoms. The van der Waals surface area contributed by atoms with E-state index >= 15 is 0 Å². The van der Waals surface area contributed by atoms with E-state index in [1.807, 2.05) is 18.2 Å². The van der Waals surface area contributed by atoms with Crippen molar-refractivity contribution in [3.8, 4) is 0 Å². The second-order valence-electron chi connectivity index (χ2n) is 4.85. The van der Waals surface area contributed by atoms with Gasteiger partial charge in [-0.15, -0.1) is 0 Å². The van der Waals surface area contributed by atoms with Crippen LogP contribution in [0.15, 0.2) is 24.3 Å². The van der Waals surface area contributed by atoms with Crippen LogP contribution in [-0.2, 0) is 6.42 Å². The molecule has 0 bridgehead atoms. The molecule has 1 saturated heterocycles. The molecule has 1 heterocycles. The van der Waals surface area contributed by atoms with Gasteiger partial charge in [-0.3, -0.25) is 4.90 Å². The minimum absolute atomic E-state index is 0.0862. The molecule has 2 nitrogen and oxygen atoms in total. The van der Waals surface area contributed by atoms with E-state index in [-0.39, 0.29) is 5.54 Å². The standard InChI is InChI=1S/C13H19ClN2/c1-13(10-15,16-6-3-7-16)9-11-4-2-5-12(14)8-11/h2,4-5,8H,3,6-7,9-10,15H2,1H3. The molecule has 88 valence electrons. The van der Waals surface area contributed by atoms with Gasteiger partial charge in [0.1, 0.15) is 0 Å². The van der Waals surface area contributed by atoms with Crippen LogP contribution in [0, 0.1) is 0 Å². The third-order valence-electron chi connectivity index (χ3n) is 3.53. The van der Waals surface area contributed by atoms with Gasteiger partial charge < -0.3 is 5.73 Å². The van der Waals surface area contributed by atoms with Crippen LogP contribution in [-0.4, -0.2) is 30.1 Å². The summed E-state index contributed by atoms with van der Waals surface area (Å²) in [5.41, 5.74) is 7.29. The van der Waals surface area contributed by atoms with E-state index in [2.05, 4.69) is 17.9 Å². The molecular weight excluding hydrogens is 220 g/mol. The molecule has 0 aromatic heterocycles. The topological polar surface area (TPSA) is 29.3 Å². The summed E-state index contributed by atoms with van der Waals surface area (Å²) in [4.78, 5) is 2.47. The lowest BCUT2D eigenvalue weighted by Gasteiger charge is -2.46. The van der Waals surface area contributed by atoms with Gasteiger partial charge in [0.15, 0.2) is 0 Å². The molecule has 0 amide bonds. The summed E-state index contributed by atoms with van der Waals surface area (Å²) >= 11 is 6.00. The highest BCUT2D eigenvalue weighted by Crippen LogP contribution is 2.26. The van der Waals surface area contributed by atoms with Crippen molar-refractivity contribution in [2.45, 2.75) is 25.3 Å². The molecule has 1 unspecified atom stereocenters. The first-order valence-electron chi connectivity index (χ1n) is 5.84. The van der Waals surface area contributed by atoms with Gasteiger partial charge in [-0.05, 0) is 50.6 Å². The molecule has 1 atom stereocenters. The highest BCUT2D eigenvalue weighted by atomic mass is 35.5. The zero-order chi connectivity index (χ0) is 11.6. The number of nitrogens with two attached hydrogens (primary N) is 1. The van der Waals surface area contributed by atoms with Crippen molar-refractivity contribution < 1.29 is 0 Å². The third kappa shape index (κ3) is 2.40. The van der Waals surface area contributed by atoms with Crippen LogP contribution >= 0.6 is 11.6 Å². The molecule has 1 aliphatic rings. The maximum absolute atomic E-state index is 6.00. The van der Waals surface area contributed by atoms with E-state index in [9.17, 15) is 0 Å². The molecule has 1 fully saturated rings. The average Bonchev–Trinajstić information content (AvgIpc) is 2.14. The molecule has 1 aromatic carbocycles. The number of hydrogen-bond acceptors (Lipinski definition) is 2. The Bertz CT molecular complexity index is 363. The fourth-order valence-electron chi connectivity index (χ4n) is 2.26. The lowest BCUT2D eigenvalue weighted by atomic mass is 9.88. The molecule has 0 radical (unpaired) electrons. The smallest absolute Gasteiger partial charge is 0.0408 e. The van der Waals surface area contributed by atoms with Crippen LogP contribution in [0.3, 0.4) is 0 Å². The third-order valence-corrected chi connectivity index (χ3v) is 3.77. The normalized spacial score (nSPS) is 20.2. The summed E-state index contributed by atoms with van der Waals surface area (Å²) in [7, 11) is 0. The van der Waals surface area contributed by atoms with Gasteiger partial charge in [0.25, 0.3) is 0 Å². The Hall–Kier alpha value is -0.570. The van der Waals surface area contributed by atoms with Crippen LogP contribution in [0.5, 0.6) is 0 Å². The van der Waals surface area contributed by atoms with E-state index in [1.165, 1.54) is 25.1 Å². The number of benzene rings is 1. The molecule has 1 aromatic rings. The molecule has 0 saturated carbocycles. The maximum atomic E-state index is 6.00. The highest BCUT2D eigenvalue weighted by molar-refractivity contribution is 6.30. The first kappa shape index (κ1) is 11.9. The summed E-state index contributed by atoms with van der Waals surface area (Å²) in [5, 5.41) is 0.806. The van der Waals surface area contributed by atoms with Crippen molar-refractivity contribution in [2.75, 3.05) is 19.6 Å². The predicted molar refractivity (Wildman–Crippen MR) is 68.8 cm³/mol. The fourth-order valence-corrected chi connectivity index (χ4v) is 2.47. The number of hydrogen-bond donors (Lipinski definition) is 1. The summed E-state index contributed by atoms with van der Waals surface area (Å²) in [5.74, 6) is 0. The van der Waals surface area contributed by atoms with Crippen molar-refractivity contribution in [3.05, 3.63) is 34.9 Å². The number of rotatable bonds is 4. The Morgan fingerprint density at radius 2 is 2.19 bits per heavy atom. The Morgan fingerprint density at radius 3 is 2.69 bits per heavy atom. The van der Waals surface area contributed by atoms with Crippen molar-refractivity contribution in [1.29, 1.82) is 0 Å². The zero-order valence-corrected chi connectivity index (χ0v) is 10.5. The minimum Gasteiger partial charge on any atom is -0.329 e. The quantitative estimate of drug-likeness (QED) is 0.872. The van der Waals surface area contributed by atoms with Crippen LogP contribution in [0.4, 0.5) is 0 Å². The summed E-state index contributed by atoms with van der Waals surface area (Å²) in [6.45, 7) is 5.29. The van der Waals surface area contributed by atoms with E-state index < -0.39 is 0 Å². The number of likely N-dealkylation sites (tertiary alicyclic amines) is 1. The van der Waals surface area contributed by atoms with Gasteiger partial charge in [-0.1, -0.05) is 23.7 Å². The SMILES string of the molecule is CC(CN)(Cc1cccc(Cl)c1)N1CCC1. The Kier molecular flexibility index (Phi) is 3.53. The van der Waals surface area contributed by atoms with Gasteiger partial charge in [0.05, 0.1) is 0 Å². The molecular formula is C13H19ClN2. The van der Waals surface area contributed by atoms with Gasteiger partial charge in [0, 0.05) is 17.1 Å². The fraction of sp³-hybridized carbons (Fsp3) is 0.538. The van der Waals surface area contributed by atoms with Gasteiger partial charge in [-0.2, -0.15) is 0 Å². The van der Waals surface area contributed by atoms with Crippen LogP contribution in [0.2, 0.25) is 5.02 Å². The maximum Gasteiger partial charge on any atom is 0.0408 e. The largest absolute Gasteiger partial charge is 0.329 e. The van der Waals surface area contributed by atoms with E-state index in [0.29, 0.717) is 6.54 Å². The second-order valence-corrected chi connectivity index (χ2v) is 5.28. The van der Waals surface area contributed by atoms with Crippen molar-refractivity contribution in [1.82, 2.24) is 4.90 Å². The Balaban J connectivity index is 2.11. The number of halogens is 1. The average molecular weight is 239 g/mol. The molecule has 3 heteroatoms. The van der Waals surface area contributed by atoms with Crippen molar-refractivity contribution in [2.24, 2.45) is 5.73 Å². The number of nitrogens with zero attached hydrogens (tertiary/aromatic N) is 1. The van der Waals surface area contributed by atoms with Crippen LogP contribution < -0.4 is 5.73 Å². The first-order chi connectivity index (χ1) is 7.64. The summed E-state index contributed by atoms with van der Waals surface area (Å²) < 4.78 is 0. The van der Waals surface area contributed by atoms with E-state index in [4.69, 9.17) is 17.3 Å². The molecule has 0 spiro atoms. The lowest BCUT2D eigenvalue weighted by Crippen LogP contribution is -2.58. The van der Waals surface area contributed by atoms with Gasteiger partial charge in [0.2, 0.25) is 0 Å². The second kappa shape index (κ2) is 4.74. The van der Waals surface area contributed by atoms with Crippen LogP contribution in [0.25, 0.3) is 0 Å². The van der Waals surface area contributed by atoms with Gasteiger partial charge >= 0.3 is 0 Å². The molecule has 2 rings (SSSR count). The van der Waals surface area contributed by atoms with E-state index in [1.54, 1.807) is 0 Å². The molecule has 1 aliphatic heterocycles. The lowest BCUT2D eigenvalue weighted by molar-refractivity contribution is 0.0481. The highest BCUT2D eigenvalue weighted by Gasteiger charge is 2.34. The monoisotopic (exact) mass is 238 g/mol. The Labute approximate surface area is 102 Å². The molecule has 2 N–H and O–H groups in total. The summed E-state index contributed by atoms with van der Waals surface area (Å²) in [6, 6.07) is 8.08. The van der Waals surface area contributed by atoms with Crippen molar-refractivity contribution >= 4 is 11.6 Å². The zero-order valence-electron chi connectivity index (χ0n) is 9.75. The predicted octanol–water partition coefficient (Wildman–Crippen LogP) is 2.31. The minimum atomic E-state index is 0.0862. The van der Waals surface area contributed by atoms with Crippen LogP contribution in [0.1, 0.15) is 18.9 Å².